The molecule has 3 nitrogen and oxygen atoms in total. The number of hydrogen-bond acceptors (Lipinski definition) is 3. The summed E-state index contributed by atoms with van der Waals surface area (Å²) >= 11 is 3.55. The van der Waals surface area contributed by atoms with Gasteiger partial charge in [0.1, 0.15) is 5.75 Å². The van der Waals surface area contributed by atoms with E-state index in [2.05, 4.69) is 76.5 Å². The highest BCUT2D eigenvalue weighted by molar-refractivity contribution is 9.10. The number of ether oxygens (including phenoxy) is 1. The van der Waals surface area contributed by atoms with E-state index in [9.17, 15) is 0 Å². The zero-order chi connectivity index (χ0) is 17.9. The van der Waals surface area contributed by atoms with Gasteiger partial charge in [0.05, 0.1) is 6.61 Å². The standard InChI is InChI=1S/C21H29BrN2O/c1-3-14-25-21-11-10-20(22)15-19(21)16-23-12-7-13-24(2)17-18-8-5-4-6-9-18/h4-6,8-11,15,23H,3,7,12-14,16-17H2,1-2H3. The van der Waals surface area contributed by atoms with Gasteiger partial charge in [0.25, 0.3) is 0 Å². The van der Waals surface area contributed by atoms with Crippen molar-refractivity contribution >= 4 is 15.9 Å². The van der Waals surface area contributed by atoms with Crippen LogP contribution in [-0.4, -0.2) is 31.6 Å². The molecule has 0 aliphatic heterocycles. The molecule has 1 N–H and O–H groups in total. The lowest BCUT2D eigenvalue weighted by Crippen LogP contribution is -2.24. The predicted molar refractivity (Wildman–Crippen MR) is 109 cm³/mol. The Morgan fingerprint density at radius 2 is 1.92 bits per heavy atom. The Bertz CT molecular complexity index is 619. The summed E-state index contributed by atoms with van der Waals surface area (Å²) in [5.41, 5.74) is 2.57. The molecule has 0 saturated heterocycles. The van der Waals surface area contributed by atoms with E-state index in [1.54, 1.807) is 0 Å². The predicted octanol–water partition coefficient (Wildman–Crippen LogP) is 4.85. The largest absolute Gasteiger partial charge is 0.493 e. The van der Waals surface area contributed by atoms with E-state index in [0.29, 0.717) is 0 Å². The van der Waals surface area contributed by atoms with Crippen molar-refractivity contribution in [3.63, 3.8) is 0 Å². The molecule has 0 amide bonds. The second-order valence-corrected chi connectivity index (χ2v) is 7.27. The maximum absolute atomic E-state index is 5.83. The minimum absolute atomic E-state index is 0.763. The van der Waals surface area contributed by atoms with Gasteiger partial charge < -0.3 is 15.0 Å². The number of halogens is 1. The topological polar surface area (TPSA) is 24.5 Å². The van der Waals surface area contributed by atoms with Crippen LogP contribution in [0.1, 0.15) is 30.9 Å². The Morgan fingerprint density at radius 1 is 1.12 bits per heavy atom. The van der Waals surface area contributed by atoms with Crippen molar-refractivity contribution in [2.24, 2.45) is 0 Å². The zero-order valence-corrected chi connectivity index (χ0v) is 16.9. The lowest BCUT2D eigenvalue weighted by Gasteiger charge is -2.17. The fourth-order valence-corrected chi connectivity index (χ4v) is 3.12. The summed E-state index contributed by atoms with van der Waals surface area (Å²) in [7, 11) is 2.18. The number of rotatable bonds is 11. The summed E-state index contributed by atoms with van der Waals surface area (Å²) in [5, 5.41) is 3.54. The van der Waals surface area contributed by atoms with Crippen LogP contribution >= 0.6 is 15.9 Å². The summed E-state index contributed by atoms with van der Waals surface area (Å²) in [6, 6.07) is 16.8. The Labute approximate surface area is 160 Å². The first-order valence-corrected chi connectivity index (χ1v) is 9.82. The first-order valence-electron chi connectivity index (χ1n) is 9.03. The number of nitrogens with one attached hydrogen (secondary N) is 1. The van der Waals surface area contributed by atoms with Crippen molar-refractivity contribution in [1.82, 2.24) is 10.2 Å². The summed E-state index contributed by atoms with van der Waals surface area (Å²) in [6.07, 6.45) is 2.15. The van der Waals surface area contributed by atoms with Crippen LogP contribution in [0, 0.1) is 0 Å². The highest BCUT2D eigenvalue weighted by Crippen LogP contribution is 2.23. The molecule has 0 saturated carbocycles. The molecule has 25 heavy (non-hydrogen) atoms. The quantitative estimate of drug-likeness (QED) is 0.541. The van der Waals surface area contributed by atoms with Crippen LogP contribution in [0.4, 0.5) is 0 Å². The second kappa shape index (κ2) is 11.3. The Balaban J connectivity index is 1.69. The summed E-state index contributed by atoms with van der Waals surface area (Å²) < 4.78 is 6.93. The van der Waals surface area contributed by atoms with Gasteiger partial charge in [0, 0.05) is 23.1 Å². The number of nitrogens with zero attached hydrogens (tertiary/aromatic N) is 1. The van der Waals surface area contributed by atoms with E-state index in [4.69, 9.17) is 4.74 Å². The molecular formula is C21H29BrN2O. The summed E-state index contributed by atoms with van der Waals surface area (Å²) in [6.45, 7) is 6.81. The van der Waals surface area contributed by atoms with Crippen LogP contribution in [0.15, 0.2) is 53.0 Å². The van der Waals surface area contributed by atoms with Crippen molar-refractivity contribution in [2.45, 2.75) is 32.9 Å². The van der Waals surface area contributed by atoms with Crippen molar-refractivity contribution < 1.29 is 4.74 Å². The van der Waals surface area contributed by atoms with E-state index < -0.39 is 0 Å². The molecule has 0 fully saturated rings. The van der Waals surface area contributed by atoms with E-state index in [0.717, 1.165) is 55.8 Å². The van der Waals surface area contributed by atoms with Crippen LogP contribution in [-0.2, 0) is 13.1 Å². The second-order valence-electron chi connectivity index (χ2n) is 6.35. The SMILES string of the molecule is CCCOc1ccc(Br)cc1CNCCCN(C)Cc1ccccc1. The van der Waals surface area contributed by atoms with Gasteiger partial charge in [-0.05, 0) is 56.7 Å². The normalized spacial score (nSPS) is 11.0. The van der Waals surface area contributed by atoms with E-state index in [1.165, 1.54) is 11.1 Å². The minimum atomic E-state index is 0.763. The molecule has 0 unspecified atom stereocenters. The van der Waals surface area contributed by atoms with E-state index in [1.807, 2.05) is 12.1 Å². The van der Waals surface area contributed by atoms with Crippen molar-refractivity contribution in [1.29, 1.82) is 0 Å². The van der Waals surface area contributed by atoms with Crippen LogP contribution in [0.25, 0.3) is 0 Å². The summed E-state index contributed by atoms with van der Waals surface area (Å²) in [4.78, 5) is 2.37. The maximum Gasteiger partial charge on any atom is 0.123 e. The Morgan fingerprint density at radius 3 is 2.68 bits per heavy atom. The monoisotopic (exact) mass is 404 g/mol. The zero-order valence-electron chi connectivity index (χ0n) is 15.3. The smallest absolute Gasteiger partial charge is 0.123 e. The molecule has 0 aromatic heterocycles. The average molecular weight is 405 g/mol. The lowest BCUT2D eigenvalue weighted by atomic mass is 10.2. The van der Waals surface area contributed by atoms with Gasteiger partial charge in [-0.15, -0.1) is 0 Å². The fourth-order valence-electron chi connectivity index (χ4n) is 2.71. The summed E-state index contributed by atoms with van der Waals surface area (Å²) in [5.74, 6) is 0.985. The molecule has 4 heteroatoms. The maximum atomic E-state index is 5.83. The van der Waals surface area contributed by atoms with Gasteiger partial charge >= 0.3 is 0 Å². The molecule has 0 aliphatic rings. The number of hydrogen-bond donors (Lipinski definition) is 1. The third-order valence-electron chi connectivity index (χ3n) is 3.99. The van der Waals surface area contributed by atoms with Gasteiger partial charge in [-0.2, -0.15) is 0 Å². The van der Waals surface area contributed by atoms with Crippen LogP contribution < -0.4 is 10.1 Å². The van der Waals surface area contributed by atoms with Gasteiger partial charge in [0.15, 0.2) is 0 Å². The van der Waals surface area contributed by atoms with Crippen LogP contribution in [0.2, 0.25) is 0 Å². The molecule has 0 atom stereocenters. The van der Waals surface area contributed by atoms with Crippen LogP contribution in [0.3, 0.4) is 0 Å². The molecule has 2 rings (SSSR count). The minimum Gasteiger partial charge on any atom is -0.493 e. The molecule has 136 valence electrons. The third-order valence-corrected chi connectivity index (χ3v) is 4.48. The van der Waals surface area contributed by atoms with Gasteiger partial charge in [-0.1, -0.05) is 53.2 Å². The van der Waals surface area contributed by atoms with Gasteiger partial charge in [-0.25, -0.2) is 0 Å². The molecule has 0 aliphatic carbocycles. The highest BCUT2D eigenvalue weighted by Gasteiger charge is 2.05. The molecule has 0 radical (unpaired) electrons. The van der Waals surface area contributed by atoms with E-state index >= 15 is 0 Å². The van der Waals surface area contributed by atoms with Crippen molar-refractivity contribution in [3.05, 3.63) is 64.1 Å². The lowest BCUT2D eigenvalue weighted by molar-refractivity contribution is 0.311. The van der Waals surface area contributed by atoms with Crippen LogP contribution in [0.5, 0.6) is 5.75 Å². The highest BCUT2D eigenvalue weighted by atomic mass is 79.9. The molecule has 2 aromatic rings. The van der Waals surface area contributed by atoms with Gasteiger partial charge in [-0.3, -0.25) is 0 Å². The first-order chi connectivity index (χ1) is 12.2. The third kappa shape index (κ3) is 7.59. The van der Waals surface area contributed by atoms with Crippen molar-refractivity contribution in [3.8, 4) is 5.75 Å². The number of benzene rings is 2. The fraction of sp³-hybridized carbons (Fsp3) is 0.429. The van der Waals surface area contributed by atoms with E-state index in [-0.39, 0.29) is 0 Å². The molecule has 0 heterocycles. The Kier molecular flexibility index (Phi) is 9.02. The molecule has 2 aromatic carbocycles. The first kappa shape index (κ1) is 20.0. The molecule has 0 spiro atoms. The van der Waals surface area contributed by atoms with Crippen molar-refractivity contribution in [2.75, 3.05) is 26.7 Å². The Hall–Kier alpha value is -1.36. The molecule has 0 bridgehead atoms. The average Bonchev–Trinajstić information content (AvgIpc) is 2.61. The van der Waals surface area contributed by atoms with Gasteiger partial charge in [0.2, 0.25) is 0 Å². The molecular weight excluding hydrogens is 376 g/mol.